The van der Waals surface area contributed by atoms with Crippen LogP contribution in [0.5, 0.6) is 0 Å². The van der Waals surface area contributed by atoms with Crippen LogP contribution in [-0.4, -0.2) is 40.8 Å². The first-order valence-corrected chi connectivity index (χ1v) is 7.12. The lowest BCUT2D eigenvalue weighted by molar-refractivity contribution is -0.116. The number of anilines is 2. The Bertz CT molecular complexity index is 530. The van der Waals surface area contributed by atoms with E-state index < -0.39 is 0 Å². The van der Waals surface area contributed by atoms with E-state index in [4.69, 9.17) is 0 Å². The van der Waals surface area contributed by atoms with Crippen molar-refractivity contribution in [2.75, 3.05) is 29.5 Å². The van der Waals surface area contributed by atoms with Crippen molar-refractivity contribution in [1.29, 1.82) is 0 Å². The average molecular weight is 293 g/mol. The van der Waals surface area contributed by atoms with Crippen molar-refractivity contribution >= 4 is 40.2 Å². The van der Waals surface area contributed by atoms with Gasteiger partial charge in [0.15, 0.2) is 0 Å². The summed E-state index contributed by atoms with van der Waals surface area (Å²) < 4.78 is 0. The molecular formula is C13H15N3O3S. The van der Waals surface area contributed by atoms with Gasteiger partial charge in [0.1, 0.15) is 6.54 Å². The molecular weight excluding hydrogens is 278 g/mol. The van der Waals surface area contributed by atoms with E-state index in [-0.39, 0.29) is 23.6 Å². The summed E-state index contributed by atoms with van der Waals surface area (Å²) in [6.45, 7) is 2.11. The number of rotatable bonds is 4. The minimum absolute atomic E-state index is 0.0545. The number of nitrogens with zero attached hydrogens (tertiary/aromatic N) is 1. The second-order valence-electron chi connectivity index (χ2n) is 4.34. The van der Waals surface area contributed by atoms with E-state index in [2.05, 4.69) is 10.6 Å². The number of nitrogens with one attached hydrogen (secondary N) is 2. The lowest BCUT2D eigenvalue weighted by Gasteiger charge is -2.14. The minimum Gasteiger partial charge on any atom is -0.326 e. The monoisotopic (exact) mass is 293 g/mol. The van der Waals surface area contributed by atoms with E-state index >= 15 is 0 Å². The third-order valence-corrected chi connectivity index (χ3v) is 3.56. The maximum Gasteiger partial charge on any atom is 0.282 e. The highest BCUT2D eigenvalue weighted by Gasteiger charge is 2.23. The molecule has 1 heterocycles. The predicted octanol–water partition coefficient (Wildman–Crippen LogP) is 1.75. The summed E-state index contributed by atoms with van der Waals surface area (Å²) >= 11 is 1.23. The third-order valence-electron chi connectivity index (χ3n) is 2.67. The number of carbonyl (C=O) groups excluding carboxylic acids is 3. The van der Waals surface area contributed by atoms with Crippen LogP contribution in [0.4, 0.5) is 16.2 Å². The number of hydrogen-bond donors (Lipinski definition) is 2. The summed E-state index contributed by atoms with van der Waals surface area (Å²) in [5.41, 5.74) is 1.30. The first-order valence-electron chi connectivity index (χ1n) is 6.14. The Morgan fingerprint density at radius 2 is 1.80 bits per heavy atom. The van der Waals surface area contributed by atoms with E-state index in [0.29, 0.717) is 17.9 Å². The van der Waals surface area contributed by atoms with Gasteiger partial charge in [-0.2, -0.15) is 0 Å². The zero-order valence-electron chi connectivity index (χ0n) is 11.0. The summed E-state index contributed by atoms with van der Waals surface area (Å²) in [6.07, 6.45) is 0. The average Bonchev–Trinajstić information content (AvgIpc) is 2.77. The van der Waals surface area contributed by atoms with E-state index in [1.807, 2.05) is 0 Å². The van der Waals surface area contributed by atoms with Gasteiger partial charge in [-0.15, -0.1) is 0 Å². The van der Waals surface area contributed by atoms with Gasteiger partial charge in [-0.3, -0.25) is 14.4 Å². The van der Waals surface area contributed by atoms with Crippen LogP contribution < -0.4 is 10.6 Å². The lowest BCUT2D eigenvalue weighted by atomic mass is 10.2. The standard InChI is InChI=1S/C13H15N3O3S/c1-9(17)14-10-2-4-11(5-3-10)15-12(18)8-16-6-7-20-13(16)19/h2-5H,6-8H2,1H3,(H,14,17)(H,15,18). The maximum absolute atomic E-state index is 11.8. The molecule has 0 spiro atoms. The summed E-state index contributed by atoms with van der Waals surface area (Å²) in [7, 11) is 0. The molecule has 1 saturated heterocycles. The van der Waals surface area contributed by atoms with Crippen LogP contribution in [0, 0.1) is 0 Å². The molecule has 2 N–H and O–H groups in total. The summed E-state index contributed by atoms with van der Waals surface area (Å²) in [5.74, 6) is 0.359. The van der Waals surface area contributed by atoms with Gasteiger partial charge in [0, 0.05) is 30.6 Å². The zero-order valence-corrected chi connectivity index (χ0v) is 11.8. The molecule has 7 heteroatoms. The molecule has 3 amide bonds. The van der Waals surface area contributed by atoms with Crippen molar-refractivity contribution in [3.63, 3.8) is 0 Å². The molecule has 1 aromatic carbocycles. The second-order valence-corrected chi connectivity index (χ2v) is 5.39. The highest BCUT2D eigenvalue weighted by Crippen LogP contribution is 2.17. The molecule has 0 aliphatic carbocycles. The van der Waals surface area contributed by atoms with E-state index in [0.717, 1.165) is 5.75 Å². The molecule has 20 heavy (non-hydrogen) atoms. The molecule has 106 valence electrons. The van der Waals surface area contributed by atoms with Crippen LogP contribution in [0.3, 0.4) is 0 Å². The van der Waals surface area contributed by atoms with Gasteiger partial charge in [0.05, 0.1) is 0 Å². The van der Waals surface area contributed by atoms with Crippen LogP contribution in [-0.2, 0) is 9.59 Å². The molecule has 0 bridgehead atoms. The summed E-state index contributed by atoms with van der Waals surface area (Å²) in [5, 5.41) is 5.30. The molecule has 6 nitrogen and oxygen atoms in total. The molecule has 1 fully saturated rings. The summed E-state index contributed by atoms with van der Waals surface area (Å²) in [6, 6.07) is 6.80. The molecule has 0 aromatic heterocycles. The highest BCUT2D eigenvalue weighted by molar-refractivity contribution is 8.13. The van der Waals surface area contributed by atoms with Crippen LogP contribution in [0.1, 0.15) is 6.92 Å². The smallest absolute Gasteiger partial charge is 0.282 e. The van der Waals surface area contributed by atoms with Gasteiger partial charge in [0.2, 0.25) is 11.8 Å². The highest BCUT2D eigenvalue weighted by atomic mass is 32.2. The number of benzene rings is 1. The fourth-order valence-corrected chi connectivity index (χ4v) is 2.61. The SMILES string of the molecule is CC(=O)Nc1ccc(NC(=O)CN2CCSC2=O)cc1. The van der Waals surface area contributed by atoms with Gasteiger partial charge < -0.3 is 15.5 Å². The number of hydrogen-bond acceptors (Lipinski definition) is 4. The van der Waals surface area contributed by atoms with Crippen LogP contribution in [0.15, 0.2) is 24.3 Å². The van der Waals surface area contributed by atoms with Gasteiger partial charge in [-0.25, -0.2) is 0 Å². The Morgan fingerprint density at radius 1 is 1.20 bits per heavy atom. The maximum atomic E-state index is 11.8. The normalized spacial score (nSPS) is 14.2. The van der Waals surface area contributed by atoms with Crippen molar-refractivity contribution < 1.29 is 14.4 Å². The quantitative estimate of drug-likeness (QED) is 0.886. The largest absolute Gasteiger partial charge is 0.326 e. The topological polar surface area (TPSA) is 78.5 Å². The van der Waals surface area contributed by atoms with E-state index in [1.165, 1.54) is 23.6 Å². The van der Waals surface area contributed by atoms with Gasteiger partial charge in [0.25, 0.3) is 5.24 Å². The number of amides is 3. The zero-order chi connectivity index (χ0) is 14.5. The van der Waals surface area contributed by atoms with Gasteiger partial charge in [-0.1, -0.05) is 11.8 Å². The van der Waals surface area contributed by atoms with E-state index in [9.17, 15) is 14.4 Å². The number of thioether (sulfide) groups is 1. The Balaban J connectivity index is 1.87. The fraction of sp³-hybridized carbons (Fsp3) is 0.308. The molecule has 0 saturated carbocycles. The van der Waals surface area contributed by atoms with Gasteiger partial charge in [-0.05, 0) is 24.3 Å². The summed E-state index contributed by atoms with van der Waals surface area (Å²) in [4.78, 5) is 35.6. The molecule has 0 radical (unpaired) electrons. The molecule has 1 aliphatic heterocycles. The Morgan fingerprint density at radius 3 is 2.30 bits per heavy atom. The van der Waals surface area contributed by atoms with E-state index in [1.54, 1.807) is 24.3 Å². The predicted molar refractivity (Wildman–Crippen MR) is 78.8 cm³/mol. The first-order chi connectivity index (χ1) is 9.54. The Kier molecular flexibility index (Phi) is 4.62. The molecule has 0 atom stereocenters. The lowest BCUT2D eigenvalue weighted by Crippen LogP contribution is -2.33. The molecule has 2 rings (SSSR count). The second kappa shape index (κ2) is 6.42. The minimum atomic E-state index is -0.229. The Hall–Kier alpha value is -2.02. The van der Waals surface area contributed by atoms with Crippen LogP contribution in [0.25, 0.3) is 0 Å². The van der Waals surface area contributed by atoms with Crippen LogP contribution >= 0.6 is 11.8 Å². The molecule has 1 aromatic rings. The fourth-order valence-electron chi connectivity index (χ4n) is 1.78. The first kappa shape index (κ1) is 14.4. The third kappa shape index (κ3) is 3.99. The van der Waals surface area contributed by atoms with Crippen LogP contribution in [0.2, 0.25) is 0 Å². The van der Waals surface area contributed by atoms with Crippen molar-refractivity contribution in [2.24, 2.45) is 0 Å². The van der Waals surface area contributed by atoms with Gasteiger partial charge >= 0.3 is 0 Å². The number of carbonyl (C=O) groups is 3. The van der Waals surface area contributed by atoms with Crippen molar-refractivity contribution in [1.82, 2.24) is 4.90 Å². The molecule has 1 aliphatic rings. The molecule has 0 unspecified atom stereocenters. The van der Waals surface area contributed by atoms with Crippen molar-refractivity contribution in [3.05, 3.63) is 24.3 Å². The van der Waals surface area contributed by atoms with Crippen molar-refractivity contribution in [3.8, 4) is 0 Å². The Labute approximate surface area is 120 Å². The van der Waals surface area contributed by atoms with Crippen molar-refractivity contribution in [2.45, 2.75) is 6.92 Å².